The van der Waals surface area contributed by atoms with Crippen LogP contribution in [0.2, 0.25) is 0 Å². The topological polar surface area (TPSA) is 23.5 Å². The summed E-state index contributed by atoms with van der Waals surface area (Å²) in [6, 6.07) is 0. The van der Waals surface area contributed by atoms with Gasteiger partial charge in [-0.3, -0.25) is 4.90 Å². The average molecular weight is 227 g/mol. The number of β-amino-alcohol motifs (C(OH)–C–C–N with tert-alkyl or cyclic N) is 1. The molecular formula is C14H29NO. The summed E-state index contributed by atoms with van der Waals surface area (Å²) < 4.78 is 0. The first-order valence-electron chi connectivity index (χ1n) is 6.96. The molecule has 0 aromatic rings. The maximum atomic E-state index is 10.2. The van der Waals surface area contributed by atoms with Gasteiger partial charge in [0.05, 0.1) is 5.60 Å². The summed E-state index contributed by atoms with van der Waals surface area (Å²) in [6.45, 7) is 11.7. The minimum absolute atomic E-state index is 0.388. The summed E-state index contributed by atoms with van der Waals surface area (Å²) in [5, 5.41) is 10.2. The van der Waals surface area contributed by atoms with E-state index in [1.807, 2.05) is 0 Å². The van der Waals surface area contributed by atoms with E-state index in [2.05, 4.69) is 32.6 Å². The fourth-order valence-corrected chi connectivity index (χ4v) is 2.50. The number of hydrogen-bond acceptors (Lipinski definition) is 2. The van der Waals surface area contributed by atoms with Gasteiger partial charge in [0.25, 0.3) is 0 Å². The van der Waals surface area contributed by atoms with E-state index < -0.39 is 5.60 Å². The Balaban J connectivity index is 2.24. The largest absolute Gasteiger partial charge is 0.387 e. The predicted molar refractivity (Wildman–Crippen MR) is 69.5 cm³/mol. The standard InChI is InChI=1S/C14H29NO/c1-5-7-8-13(6-2)9-15-10-14(16,11-15)12(3)4/h12-13,16H,5-11H2,1-4H3. The van der Waals surface area contributed by atoms with E-state index in [-0.39, 0.29) is 0 Å². The molecule has 1 saturated heterocycles. The zero-order chi connectivity index (χ0) is 12.2. The molecule has 0 spiro atoms. The lowest BCUT2D eigenvalue weighted by Crippen LogP contribution is -2.65. The second-order valence-electron chi connectivity index (χ2n) is 5.84. The van der Waals surface area contributed by atoms with Crippen LogP contribution >= 0.6 is 0 Å². The molecule has 0 bridgehead atoms. The van der Waals surface area contributed by atoms with Gasteiger partial charge in [-0.2, -0.15) is 0 Å². The zero-order valence-corrected chi connectivity index (χ0v) is 11.5. The van der Waals surface area contributed by atoms with Crippen LogP contribution in [0.3, 0.4) is 0 Å². The molecule has 0 amide bonds. The molecule has 2 nitrogen and oxygen atoms in total. The molecule has 0 saturated carbocycles. The average Bonchev–Trinajstić information content (AvgIpc) is 2.20. The third-order valence-electron chi connectivity index (χ3n) is 4.13. The Morgan fingerprint density at radius 1 is 1.25 bits per heavy atom. The maximum Gasteiger partial charge on any atom is 0.0922 e. The van der Waals surface area contributed by atoms with E-state index in [4.69, 9.17) is 0 Å². The second kappa shape index (κ2) is 6.02. The van der Waals surface area contributed by atoms with Gasteiger partial charge in [0, 0.05) is 19.6 Å². The van der Waals surface area contributed by atoms with Crippen molar-refractivity contribution in [3.8, 4) is 0 Å². The van der Waals surface area contributed by atoms with Gasteiger partial charge in [-0.1, -0.05) is 47.0 Å². The Morgan fingerprint density at radius 3 is 2.31 bits per heavy atom. The Bertz CT molecular complexity index is 197. The van der Waals surface area contributed by atoms with Crippen molar-refractivity contribution >= 4 is 0 Å². The van der Waals surface area contributed by atoms with Gasteiger partial charge in [-0.15, -0.1) is 0 Å². The highest BCUT2D eigenvalue weighted by Gasteiger charge is 2.43. The van der Waals surface area contributed by atoms with E-state index in [1.165, 1.54) is 32.2 Å². The van der Waals surface area contributed by atoms with E-state index in [9.17, 15) is 5.11 Å². The molecule has 96 valence electrons. The van der Waals surface area contributed by atoms with Crippen LogP contribution in [0, 0.1) is 11.8 Å². The van der Waals surface area contributed by atoms with Crippen molar-refractivity contribution in [3.63, 3.8) is 0 Å². The van der Waals surface area contributed by atoms with Gasteiger partial charge < -0.3 is 5.11 Å². The highest BCUT2D eigenvalue weighted by atomic mass is 16.3. The summed E-state index contributed by atoms with van der Waals surface area (Å²) in [5.41, 5.74) is -0.400. The molecule has 2 heteroatoms. The van der Waals surface area contributed by atoms with Crippen LogP contribution in [0.15, 0.2) is 0 Å². The van der Waals surface area contributed by atoms with Crippen molar-refractivity contribution in [2.75, 3.05) is 19.6 Å². The van der Waals surface area contributed by atoms with Gasteiger partial charge in [0.15, 0.2) is 0 Å². The van der Waals surface area contributed by atoms with E-state index in [1.54, 1.807) is 0 Å². The smallest absolute Gasteiger partial charge is 0.0922 e. The highest BCUT2D eigenvalue weighted by Crippen LogP contribution is 2.30. The lowest BCUT2D eigenvalue weighted by Gasteiger charge is -2.50. The number of unbranched alkanes of at least 4 members (excludes halogenated alkanes) is 1. The van der Waals surface area contributed by atoms with Gasteiger partial charge in [-0.25, -0.2) is 0 Å². The normalized spacial score (nSPS) is 22.1. The van der Waals surface area contributed by atoms with Crippen LogP contribution in [0.5, 0.6) is 0 Å². The number of hydrogen-bond donors (Lipinski definition) is 1. The molecular weight excluding hydrogens is 198 g/mol. The van der Waals surface area contributed by atoms with Crippen LogP contribution < -0.4 is 0 Å². The molecule has 1 atom stereocenters. The van der Waals surface area contributed by atoms with Crippen molar-refractivity contribution in [1.29, 1.82) is 0 Å². The summed E-state index contributed by atoms with van der Waals surface area (Å²) in [5.74, 6) is 1.22. The fraction of sp³-hybridized carbons (Fsp3) is 1.00. The van der Waals surface area contributed by atoms with Crippen molar-refractivity contribution in [3.05, 3.63) is 0 Å². The summed E-state index contributed by atoms with van der Waals surface area (Å²) in [7, 11) is 0. The first-order valence-corrected chi connectivity index (χ1v) is 6.96. The monoisotopic (exact) mass is 227 g/mol. The quantitative estimate of drug-likeness (QED) is 0.723. The molecule has 1 rings (SSSR count). The molecule has 0 aromatic carbocycles. The Morgan fingerprint density at radius 2 is 1.88 bits per heavy atom. The molecule has 1 aliphatic heterocycles. The number of rotatable bonds is 7. The molecule has 1 unspecified atom stereocenters. The molecule has 1 N–H and O–H groups in total. The molecule has 0 aliphatic carbocycles. The van der Waals surface area contributed by atoms with Crippen molar-refractivity contribution < 1.29 is 5.11 Å². The van der Waals surface area contributed by atoms with Gasteiger partial charge in [0.2, 0.25) is 0 Å². The van der Waals surface area contributed by atoms with E-state index >= 15 is 0 Å². The Kier molecular flexibility index (Phi) is 5.26. The minimum Gasteiger partial charge on any atom is -0.387 e. The lowest BCUT2D eigenvalue weighted by atomic mass is 9.82. The van der Waals surface area contributed by atoms with Crippen LogP contribution in [0.25, 0.3) is 0 Å². The lowest BCUT2D eigenvalue weighted by molar-refractivity contribution is -0.131. The first-order chi connectivity index (χ1) is 7.51. The van der Waals surface area contributed by atoms with Crippen molar-refractivity contribution in [1.82, 2.24) is 4.90 Å². The van der Waals surface area contributed by atoms with Gasteiger partial charge in [-0.05, 0) is 18.3 Å². The maximum absolute atomic E-state index is 10.2. The molecule has 0 radical (unpaired) electrons. The van der Waals surface area contributed by atoms with Gasteiger partial charge in [0.1, 0.15) is 0 Å². The van der Waals surface area contributed by atoms with Crippen molar-refractivity contribution in [2.24, 2.45) is 11.8 Å². The van der Waals surface area contributed by atoms with Crippen molar-refractivity contribution in [2.45, 2.75) is 59.0 Å². The predicted octanol–water partition coefficient (Wildman–Crippen LogP) is 2.91. The summed E-state index contributed by atoms with van der Waals surface area (Å²) >= 11 is 0. The van der Waals surface area contributed by atoms with Crippen LogP contribution in [-0.2, 0) is 0 Å². The first kappa shape index (κ1) is 14.0. The second-order valence-corrected chi connectivity index (χ2v) is 5.84. The third kappa shape index (κ3) is 3.46. The molecule has 16 heavy (non-hydrogen) atoms. The van der Waals surface area contributed by atoms with Gasteiger partial charge >= 0.3 is 0 Å². The van der Waals surface area contributed by atoms with Crippen LogP contribution in [-0.4, -0.2) is 35.2 Å². The Hall–Kier alpha value is -0.0800. The highest BCUT2D eigenvalue weighted by molar-refractivity contribution is 4.97. The van der Waals surface area contributed by atoms with Crippen LogP contribution in [0.1, 0.15) is 53.4 Å². The minimum atomic E-state index is -0.400. The molecule has 1 heterocycles. The third-order valence-corrected chi connectivity index (χ3v) is 4.13. The fourth-order valence-electron chi connectivity index (χ4n) is 2.50. The number of aliphatic hydroxyl groups is 1. The SMILES string of the molecule is CCCCC(CC)CN1CC(O)(C(C)C)C1. The van der Waals surface area contributed by atoms with Crippen LogP contribution in [0.4, 0.5) is 0 Å². The number of nitrogens with zero attached hydrogens (tertiary/aromatic N) is 1. The molecule has 0 aromatic heterocycles. The molecule has 1 fully saturated rings. The summed E-state index contributed by atoms with van der Waals surface area (Å²) in [6.07, 6.45) is 5.27. The zero-order valence-electron chi connectivity index (χ0n) is 11.5. The van der Waals surface area contributed by atoms with E-state index in [0.29, 0.717) is 5.92 Å². The van der Waals surface area contributed by atoms with E-state index in [0.717, 1.165) is 19.0 Å². The number of likely N-dealkylation sites (tertiary alicyclic amines) is 1. The molecule has 1 aliphatic rings. The summed E-state index contributed by atoms with van der Waals surface area (Å²) in [4.78, 5) is 2.42. The Labute approximate surface area is 101 Å².